The van der Waals surface area contributed by atoms with Gasteiger partial charge in [-0.15, -0.1) is 0 Å². The highest BCUT2D eigenvalue weighted by Gasteiger charge is 1.99. The molecule has 4 heteroatoms. The first-order valence-electron chi connectivity index (χ1n) is 4.28. The van der Waals surface area contributed by atoms with Gasteiger partial charge in [-0.2, -0.15) is 0 Å². The van der Waals surface area contributed by atoms with E-state index in [0.29, 0.717) is 12.1 Å². The molecule has 0 saturated carbocycles. The van der Waals surface area contributed by atoms with Crippen molar-refractivity contribution in [3.05, 3.63) is 29.8 Å². The molecule has 1 aromatic carbocycles. The minimum Gasteiger partial charge on any atom is -0.453 e. The van der Waals surface area contributed by atoms with Crippen molar-refractivity contribution < 1.29 is 14.6 Å². The number of amides is 1. The summed E-state index contributed by atoms with van der Waals surface area (Å²) in [6.07, 6.45) is 0.0139. The van der Waals surface area contributed by atoms with E-state index in [1.807, 2.05) is 12.1 Å². The maximum absolute atomic E-state index is 10.8. The van der Waals surface area contributed by atoms with Gasteiger partial charge in [0.05, 0.1) is 13.7 Å². The largest absolute Gasteiger partial charge is 0.453 e. The van der Waals surface area contributed by atoms with Crippen LogP contribution in [0, 0.1) is 0 Å². The Hall–Kier alpha value is -1.55. The van der Waals surface area contributed by atoms with Crippen LogP contribution in [0.25, 0.3) is 0 Å². The molecule has 1 N–H and O–H groups in total. The van der Waals surface area contributed by atoms with Crippen LogP contribution in [-0.4, -0.2) is 19.8 Å². The quantitative estimate of drug-likeness (QED) is 0.798. The first kappa shape index (κ1) is 10.5. The summed E-state index contributed by atoms with van der Waals surface area (Å²) in [6, 6.07) is 7.09. The molecule has 1 radical (unpaired) electrons. The van der Waals surface area contributed by atoms with Gasteiger partial charge >= 0.3 is 6.09 Å². The Labute approximate surface area is 82.5 Å². The van der Waals surface area contributed by atoms with Gasteiger partial charge in [-0.1, -0.05) is 12.1 Å². The maximum Gasteiger partial charge on any atom is 0.411 e. The van der Waals surface area contributed by atoms with Gasteiger partial charge in [0.1, 0.15) is 0 Å². The second-order valence-electron chi connectivity index (χ2n) is 2.77. The fraction of sp³-hybridized carbons (Fsp3) is 0.300. The predicted octanol–water partition coefficient (Wildman–Crippen LogP) is 1.84. The van der Waals surface area contributed by atoms with Crippen LogP contribution < -0.4 is 5.32 Å². The number of anilines is 1. The molecule has 0 fully saturated rings. The van der Waals surface area contributed by atoms with E-state index in [1.165, 1.54) is 7.11 Å². The molecule has 0 aromatic heterocycles. The first-order valence-corrected chi connectivity index (χ1v) is 4.28. The third kappa shape index (κ3) is 3.06. The van der Waals surface area contributed by atoms with E-state index in [2.05, 4.69) is 10.1 Å². The van der Waals surface area contributed by atoms with E-state index < -0.39 is 6.09 Å². The van der Waals surface area contributed by atoms with Gasteiger partial charge in [0.2, 0.25) is 0 Å². The second kappa shape index (κ2) is 5.24. The smallest absolute Gasteiger partial charge is 0.411 e. The van der Waals surface area contributed by atoms with Crippen molar-refractivity contribution in [2.45, 2.75) is 6.42 Å². The minimum atomic E-state index is -0.499. The van der Waals surface area contributed by atoms with Gasteiger partial charge < -0.3 is 4.74 Å². The fourth-order valence-corrected chi connectivity index (χ4v) is 1.04. The number of carbonyl (C=O) groups excluding carboxylic acids is 1. The lowest BCUT2D eigenvalue weighted by atomic mass is 10.1. The van der Waals surface area contributed by atoms with E-state index in [1.54, 1.807) is 12.1 Å². The molecule has 0 spiro atoms. The summed E-state index contributed by atoms with van der Waals surface area (Å²) in [4.78, 5) is 10.8. The molecular formula is C10H12NO3. The number of methoxy groups -OCH3 is 1. The van der Waals surface area contributed by atoms with Crippen molar-refractivity contribution in [2.75, 3.05) is 19.0 Å². The Morgan fingerprint density at radius 3 is 2.50 bits per heavy atom. The third-order valence-corrected chi connectivity index (χ3v) is 1.78. The number of benzene rings is 1. The second-order valence-corrected chi connectivity index (χ2v) is 2.77. The summed E-state index contributed by atoms with van der Waals surface area (Å²) in [7, 11) is 1.31. The highest BCUT2D eigenvalue weighted by molar-refractivity contribution is 5.84. The lowest BCUT2D eigenvalue weighted by Crippen LogP contribution is -2.10. The zero-order valence-electron chi connectivity index (χ0n) is 7.95. The van der Waals surface area contributed by atoms with Gasteiger partial charge in [-0.05, 0) is 24.1 Å². The molecular weight excluding hydrogens is 182 g/mol. The Bertz CT molecular complexity index is 295. The van der Waals surface area contributed by atoms with Crippen LogP contribution >= 0.6 is 0 Å². The standard InChI is InChI=1S/C10H12NO3/c1-14-10(13)11-9-4-2-8(3-5-9)6-7-12/h2-5H,6-7H2,1H3,(H,11,13). The number of hydrogen-bond acceptors (Lipinski definition) is 2. The zero-order chi connectivity index (χ0) is 10.4. The molecule has 4 nitrogen and oxygen atoms in total. The third-order valence-electron chi connectivity index (χ3n) is 1.78. The van der Waals surface area contributed by atoms with Gasteiger partial charge in [0.15, 0.2) is 0 Å². The van der Waals surface area contributed by atoms with Crippen molar-refractivity contribution in [2.24, 2.45) is 0 Å². The Kier molecular flexibility index (Phi) is 3.94. The van der Waals surface area contributed by atoms with Crippen LogP contribution in [0.15, 0.2) is 24.3 Å². The molecule has 0 atom stereocenters. The van der Waals surface area contributed by atoms with E-state index in [-0.39, 0.29) is 6.61 Å². The van der Waals surface area contributed by atoms with Gasteiger partial charge in [0, 0.05) is 5.69 Å². The molecule has 0 bridgehead atoms. The van der Waals surface area contributed by atoms with Crippen molar-refractivity contribution >= 4 is 11.8 Å². The maximum atomic E-state index is 10.8. The molecule has 0 aliphatic rings. The van der Waals surface area contributed by atoms with E-state index in [4.69, 9.17) is 0 Å². The molecule has 0 aliphatic carbocycles. The molecule has 1 rings (SSSR count). The number of carbonyl (C=O) groups is 1. The number of rotatable bonds is 3. The van der Waals surface area contributed by atoms with Gasteiger partial charge in [-0.3, -0.25) is 5.32 Å². The van der Waals surface area contributed by atoms with Crippen LogP contribution in [0.5, 0.6) is 0 Å². The van der Waals surface area contributed by atoms with Gasteiger partial charge in [0.25, 0.3) is 0 Å². The summed E-state index contributed by atoms with van der Waals surface area (Å²) >= 11 is 0. The molecule has 0 heterocycles. The average molecular weight is 194 g/mol. The predicted molar refractivity (Wildman–Crippen MR) is 51.7 cm³/mol. The van der Waals surface area contributed by atoms with Crippen LogP contribution in [-0.2, 0) is 16.3 Å². The van der Waals surface area contributed by atoms with Crippen molar-refractivity contribution in [3.8, 4) is 0 Å². The SMILES string of the molecule is COC(=O)Nc1ccc(CC[O])cc1. The summed E-state index contributed by atoms with van der Waals surface area (Å²) in [5.74, 6) is 0. The molecule has 0 aliphatic heterocycles. The van der Waals surface area contributed by atoms with Crippen LogP contribution in [0.2, 0.25) is 0 Å². The Morgan fingerprint density at radius 2 is 2.00 bits per heavy atom. The lowest BCUT2D eigenvalue weighted by Gasteiger charge is -2.04. The molecule has 1 amide bonds. The minimum absolute atomic E-state index is 0.121. The number of hydrogen-bond donors (Lipinski definition) is 1. The molecule has 0 unspecified atom stereocenters. The number of nitrogens with one attached hydrogen (secondary N) is 1. The lowest BCUT2D eigenvalue weighted by molar-refractivity contribution is 0.187. The van der Waals surface area contributed by atoms with Crippen molar-refractivity contribution in [3.63, 3.8) is 0 Å². The molecule has 0 saturated heterocycles. The summed E-state index contributed by atoms with van der Waals surface area (Å²) < 4.78 is 4.43. The van der Waals surface area contributed by atoms with Crippen LogP contribution in [0.3, 0.4) is 0 Å². The van der Waals surface area contributed by atoms with E-state index >= 15 is 0 Å². The highest BCUT2D eigenvalue weighted by Crippen LogP contribution is 2.09. The van der Waals surface area contributed by atoms with Crippen molar-refractivity contribution in [1.29, 1.82) is 0 Å². The van der Waals surface area contributed by atoms with Crippen molar-refractivity contribution in [1.82, 2.24) is 0 Å². The van der Waals surface area contributed by atoms with Gasteiger partial charge in [-0.25, -0.2) is 9.90 Å². The Morgan fingerprint density at radius 1 is 1.36 bits per heavy atom. The molecule has 14 heavy (non-hydrogen) atoms. The average Bonchev–Trinajstić information content (AvgIpc) is 2.21. The Balaban J connectivity index is 2.59. The van der Waals surface area contributed by atoms with E-state index in [9.17, 15) is 9.90 Å². The zero-order valence-corrected chi connectivity index (χ0v) is 7.95. The fourth-order valence-electron chi connectivity index (χ4n) is 1.04. The number of ether oxygens (including phenoxy) is 1. The molecule has 75 valence electrons. The summed E-state index contributed by atoms with van der Waals surface area (Å²) in [5, 5.41) is 12.8. The topological polar surface area (TPSA) is 58.2 Å². The highest BCUT2D eigenvalue weighted by atomic mass is 16.5. The first-order chi connectivity index (χ1) is 6.76. The normalized spacial score (nSPS) is 9.57. The molecule has 1 aromatic rings. The van der Waals surface area contributed by atoms with Crippen LogP contribution in [0.4, 0.5) is 10.5 Å². The van der Waals surface area contributed by atoms with E-state index in [0.717, 1.165) is 5.56 Å². The van der Waals surface area contributed by atoms with Crippen LogP contribution in [0.1, 0.15) is 5.56 Å². The summed E-state index contributed by atoms with van der Waals surface area (Å²) in [6.45, 7) is -0.121. The summed E-state index contributed by atoms with van der Waals surface area (Å²) in [5.41, 5.74) is 1.63. The monoisotopic (exact) mass is 194 g/mol.